The highest BCUT2D eigenvalue weighted by atomic mass is 16.5. The molecular formula is C26H35N3O3. The van der Waals surface area contributed by atoms with Gasteiger partial charge in [0.2, 0.25) is 0 Å². The zero-order valence-corrected chi connectivity index (χ0v) is 19.7. The summed E-state index contributed by atoms with van der Waals surface area (Å²) in [5, 5.41) is 0. The third kappa shape index (κ3) is 6.39. The molecule has 1 saturated heterocycles. The Balaban J connectivity index is 1.75. The molecule has 1 amide bonds. The van der Waals surface area contributed by atoms with E-state index < -0.39 is 0 Å². The van der Waals surface area contributed by atoms with Gasteiger partial charge in [0.25, 0.3) is 5.91 Å². The highest BCUT2D eigenvalue weighted by molar-refractivity contribution is 5.92. The summed E-state index contributed by atoms with van der Waals surface area (Å²) in [6.45, 7) is 10.1. The molecule has 0 radical (unpaired) electrons. The van der Waals surface area contributed by atoms with Crippen molar-refractivity contribution < 1.29 is 14.3 Å². The maximum atomic E-state index is 13.5. The zero-order valence-electron chi connectivity index (χ0n) is 19.7. The van der Waals surface area contributed by atoms with Gasteiger partial charge in [-0.3, -0.25) is 9.78 Å². The Morgan fingerprint density at radius 3 is 2.38 bits per heavy atom. The number of amides is 1. The second-order valence-electron chi connectivity index (χ2n) is 9.10. The molecule has 6 heteroatoms. The Morgan fingerprint density at radius 1 is 1.12 bits per heavy atom. The summed E-state index contributed by atoms with van der Waals surface area (Å²) in [4.78, 5) is 34.1. The molecule has 0 aliphatic carbocycles. The number of ether oxygens (including phenoxy) is 1. The molecule has 0 saturated carbocycles. The van der Waals surface area contributed by atoms with Gasteiger partial charge < -0.3 is 14.5 Å². The molecule has 172 valence electrons. The predicted molar refractivity (Wildman–Crippen MR) is 126 cm³/mol. The van der Waals surface area contributed by atoms with Crippen LogP contribution in [0.15, 0.2) is 42.6 Å². The fourth-order valence-corrected chi connectivity index (χ4v) is 4.06. The van der Waals surface area contributed by atoms with Gasteiger partial charge in [-0.05, 0) is 68.0 Å². The number of rotatable bonds is 8. The van der Waals surface area contributed by atoms with E-state index in [9.17, 15) is 9.59 Å². The zero-order chi connectivity index (χ0) is 23.1. The van der Waals surface area contributed by atoms with Crippen molar-refractivity contribution in [1.29, 1.82) is 0 Å². The largest absolute Gasteiger partial charge is 0.465 e. The molecule has 0 N–H and O–H groups in total. The smallest absolute Gasteiger partial charge is 0.337 e. The Bertz CT molecular complexity index is 886. The number of benzene rings is 1. The predicted octanol–water partition coefficient (Wildman–Crippen LogP) is 4.33. The first-order valence-corrected chi connectivity index (χ1v) is 11.5. The van der Waals surface area contributed by atoms with Crippen LogP contribution >= 0.6 is 0 Å². The number of aromatic nitrogens is 1. The lowest BCUT2D eigenvalue weighted by molar-refractivity contribution is 0.0538. The van der Waals surface area contributed by atoms with Crippen molar-refractivity contribution in [3.8, 4) is 0 Å². The number of esters is 1. The van der Waals surface area contributed by atoms with Crippen LogP contribution in [-0.2, 0) is 11.3 Å². The van der Waals surface area contributed by atoms with Crippen molar-refractivity contribution in [3.63, 3.8) is 0 Å². The van der Waals surface area contributed by atoms with E-state index in [1.807, 2.05) is 36.1 Å². The number of carbonyl (C=O) groups is 2. The summed E-state index contributed by atoms with van der Waals surface area (Å²) in [6.07, 6.45) is 4.85. The average Bonchev–Trinajstić information content (AvgIpc) is 2.81. The van der Waals surface area contributed by atoms with E-state index in [-0.39, 0.29) is 17.9 Å². The standard InChI is InChI=1S/C26H35N3O3/c1-19(2)11-14-28-15-12-23(13-16-28)29(25(30)24-10-5-20(3)17-27-24)18-21-6-8-22(9-7-21)26(31)32-4/h5-10,17,19,23H,11-16,18H2,1-4H3. The first-order valence-electron chi connectivity index (χ1n) is 11.5. The number of piperidine rings is 1. The molecule has 0 bridgehead atoms. The number of methoxy groups -OCH3 is 1. The SMILES string of the molecule is COC(=O)c1ccc(CN(C(=O)c2ccc(C)cn2)C2CCN(CCC(C)C)CC2)cc1. The highest BCUT2D eigenvalue weighted by Gasteiger charge is 2.29. The molecule has 32 heavy (non-hydrogen) atoms. The van der Waals surface area contributed by atoms with Crippen molar-refractivity contribution >= 4 is 11.9 Å². The van der Waals surface area contributed by atoms with Crippen molar-refractivity contribution in [2.75, 3.05) is 26.7 Å². The van der Waals surface area contributed by atoms with Gasteiger partial charge in [-0.2, -0.15) is 0 Å². The maximum Gasteiger partial charge on any atom is 0.337 e. The van der Waals surface area contributed by atoms with Crippen molar-refractivity contribution in [2.45, 2.75) is 52.6 Å². The Labute approximate surface area is 191 Å². The van der Waals surface area contributed by atoms with Gasteiger partial charge in [0.05, 0.1) is 12.7 Å². The minimum Gasteiger partial charge on any atom is -0.465 e. The maximum absolute atomic E-state index is 13.5. The minimum atomic E-state index is -0.359. The van der Waals surface area contributed by atoms with Gasteiger partial charge in [0.1, 0.15) is 5.69 Å². The first kappa shape index (κ1) is 23.9. The summed E-state index contributed by atoms with van der Waals surface area (Å²) in [5.41, 5.74) is 3.00. The third-order valence-corrected chi connectivity index (χ3v) is 6.14. The van der Waals surface area contributed by atoms with Gasteiger partial charge in [0, 0.05) is 31.9 Å². The van der Waals surface area contributed by atoms with Crippen LogP contribution in [0.5, 0.6) is 0 Å². The van der Waals surface area contributed by atoms with Gasteiger partial charge in [-0.1, -0.05) is 32.0 Å². The number of hydrogen-bond acceptors (Lipinski definition) is 5. The van der Waals surface area contributed by atoms with E-state index in [0.29, 0.717) is 23.7 Å². The number of hydrogen-bond donors (Lipinski definition) is 0. The molecule has 0 unspecified atom stereocenters. The molecule has 2 aromatic rings. The number of carbonyl (C=O) groups excluding carboxylic acids is 2. The second kappa shape index (κ2) is 11.2. The highest BCUT2D eigenvalue weighted by Crippen LogP contribution is 2.22. The van der Waals surface area contributed by atoms with Crippen LogP contribution in [-0.4, -0.2) is 59.4 Å². The van der Waals surface area contributed by atoms with Crippen molar-refractivity contribution in [1.82, 2.24) is 14.8 Å². The fraction of sp³-hybridized carbons (Fsp3) is 0.500. The van der Waals surface area contributed by atoms with Crippen LogP contribution in [0.3, 0.4) is 0 Å². The molecule has 0 spiro atoms. The van der Waals surface area contributed by atoms with Crippen LogP contribution in [0.1, 0.15) is 65.1 Å². The lowest BCUT2D eigenvalue weighted by Gasteiger charge is -2.38. The molecular weight excluding hydrogens is 402 g/mol. The second-order valence-corrected chi connectivity index (χ2v) is 9.10. The molecule has 6 nitrogen and oxygen atoms in total. The van der Waals surface area contributed by atoms with Gasteiger partial charge in [-0.25, -0.2) is 4.79 Å². The van der Waals surface area contributed by atoms with Crippen LogP contribution in [0, 0.1) is 12.8 Å². The quantitative estimate of drug-likeness (QED) is 0.575. The molecule has 1 fully saturated rings. The normalized spacial score (nSPS) is 15.0. The van der Waals surface area contributed by atoms with E-state index in [1.165, 1.54) is 13.5 Å². The summed E-state index contributed by atoms with van der Waals surface area (Å²) >= 11 is 0. The Kier molecular flexibility index (Phi) is 8.39. The Morgan fingerprint density at radius 2 is 1.81 bits per heavy atom. The molecule has 3 rings (SSSR count). The van der Waals surface area contributed by atoms with Gasteiger partial charge in [0.15, 0.2) is 0 Å². The van der Waals surface area contributed by atoms with E-state index in [4.69, 9.17) is 4.74 Å². The number of pyridine rings is 1. The summed E-state index contributed by atoms with van der Waals surface area (Å²) in [7, 11) is 1.37. The average molecular weight is 438 g/mol. The monoisotopic (exact) mass is 437 g/mol. The molecule has 1 aromatic carbocycles. The van der Waals surface area contributed by atoms with E-state index in [1.54, 1.807) is 18.3 Å². The number of likely N-dealkylation sites (tertiary alicyclic amines) is 1. The van der Waals surface area contributed by atoms with Gasteiger partial charge >= 0.3 is 5.97 Å². The minimum absolute atomic E-state index is 0.0392. The van der Waals surface area contributed by atoms with Crippen LogP contribution in [0.25, 0.3) is 0 Å². The molecule has 2 heterocycles. The van der Waals surface area contributed by atoms with E-state index in [0.717, 1.165) is 43.6 Å². The number of nitrogens with zero attached hydrogens (tertiary/aromatic N) is 3. The van der Waals surface area contributed by atoms with Crippen LogP contribution in [0.4, 0.5) is 0 Å². The topological polar surface area (TPSA) is 62.7 Å². The fourth-order valence-electron chi connectivity index (χ4n) is 4.06. The van der Waals surface area contributed by atoms with E-state index >= 15 is 0 Å². The molecule has 1 aliphatic rings. The summed E-state index contributed by atoms with van der Waals surface area (Å²) in [6, 6.07) is 11.2. The van der Waals surface area contributed by atoms with Gasteiger partial charge in [-0.15, -0.1) is 0 Å². The lowest BCUT2D eigenvalue weighted by Crippen LogP contribution is -2.47. The lowest BCUT2D eigenvalue weighted by atomic mass is 10.00. The number of aryl methyl sites for hydroxylation is 1. The summed E-state index contributed by atoms with van der Waals surface area (Å²) in [5.74, 6) is 0.302. The van der Waals surface area contributed by atoms with Crippen molar-refractivity contribution in [2.24, 2.45) is 5.92 Å². The van der Waals surface area contributed by atoms with Crippen LogP contribution in [0.2, 0.25) is 0 Å². The summed E-state index contributed by atoms with van der Waals surface area (Å²) < 4.78 is 4.79. The Hall–Kier alpha value is -2.73. The van der Waals surface area contributed by atoms with Crippen LogP contribution < -0.4 is 0 Å². The first-order chi connectivity index (χ1) is 15.4. The van der Waals surface area contributed by atoms with Crippen molar-refractivity contribution in [3.05, 3.63) is 65.0 Å². The molecule has 1 aliphatic heterocycles. The molecule has 0 atom stereocenters. The molecule has 1 aromatic heterocycles. The third-order valence-electron chi connectivity index (χ3n) is 6.14. The van der Waals surface area contributed by atoms with E-state index in [2.05, 4.69) is 23.7 Å².